The highest BCUT2D eigenvalue weighted by Crippen LogP contribution is 2.08. The van der Waals surface area contributed by atoms with E-state index < -0.39 is 0 Å². The summed E-state index contributed by atoms with van der Waals surface area (Å²) >= 11 is 0. The molecule has 3 nitrogen and oxygen atoms in total. The molecule has 1 amide bonds. The number of rotatable bonds is 3. The van der Waals surface area contributed by atoms with E-state index in [1.165, 1.54) is 12.8 Å². The van der Waals surface area contributed by atoms with Crippen molar-refractivity contribution in [2.75, 3.05) is 19.6 Å². The summed E-state index contributed by atoms with van der Waals surface area (Å²) in [5.74, 6) is 0.0365. The lowest BCUT2D eigenvalue weighted by atomic mass is 10.4. The van der Waals surface area contributed by atoms with E-state index in [0.717, 1.165) is 13.1 Å². The highest BCUT2D eigenvalue weighted by molar-refractivity contribution is 5.84. The first-order valence-corrected chi connectivity index (χ1v) is 4.19. The van der Waals surface area contributed by atoms with Gasteiger partial charge in [0.15, 0.2) is 0 Å². The van der Waals surface area contributed by atoms with Crippen LogP contribution in [-0.4, -0.2) is 30.4 Å². The van der Waals surface area contributed by atoms with E-state index in [2.05, 4.69) is 10.2 Å². The van der Waals surface area contributed by atoms with Gasteiger partial charge in [-0.1, -0.05) is 0 Å². The zero-order chi connectivity index (χ0) is 8.10. The van der Waals surface area contributed by atoms with Crippen LogP contribution in [0.3, 0.4) is 0 Å². The van der Waals surface area contributed by atoms with Crippen molar-refractivity contribution in [2.24, 2.45) is 0 Å². The van der Waals surface area contributed by atoms with Crippen molar-refractivity contribution < 1.29 is 4.79 Å². The number of nitrogens with one attached hydrogen (secondary N) is 1. The van der Waals surface area contributed by atoms with Gasteiger partial charge in [-0.3, -0.25) is 9.69 Å². The van der Waals surface area contributed by atoms with E-state index in [-0.39, 0.29) is 5.91 Å². The minimum absolute atomic E-state index is 0.0365. The van der Waals surface area contributed by atoms with Crippen molar-refractivity contribution in [2.45, 2.75) is 19.8 Å². The molecule has 0 atom stereocenters. The molecule has 1 rings (SSSR count). The largest absolute Gasteiger partial charge is 0.355 e. The van der Waals surface area contributed by atoms with Crippen LogP contribution in [-0.2, 0) is 4.79 Å². The number of likely N-dealkylation sites (tertiary alicyclic amines) is 1. The smallest absolute Gasteiger partial charge is 0.239 e. The van der Waals surface area contributed by atoms with Crippen LogP contribution in [0.25, 0.3) is 0 Å². The Morgan fingerprint density at radius 3 is 2.73 bits per heavy atom. The number of amides is 1. The molecular weight excluding hydrogens is 140 g/mol. The van der Waals surface area contributed by atoms with Gasteiger partial charge in [0.2, 0.25) is 5.91 Å². The Balaban J connectivity index is 2.13. The average molecular weight is 155 g/mol. The van der Waals surface area contributed by atoms with Gasteiger partial charge in [-0.2, -0.15) is 0 Å². The van der Waals surface area contributed by atoms with Gasteiger partial charge in [0.1, 0.15) is 6.54 Å². The summed E-state index contributed by atoms with van der Waals surface area (Å²) in [6, 6.07) is 0. The van der Waals surface area contributed by atoms with E-state index in [4.69, 9.17) is 0 Å². The Kier molecular flexibility index (Phi) is 3.36. The fourth-order valence-electron chi connectivity index (χ4n) is 1.26. The molecule has 0 unspecified atom stereocenters. The van der Waals surface area contributed by atoms with Gasteiger partial charge in [0, 0.05) is 6.54 Å². The maximum Gasteiger partial charge on any atom is 0.239 e. The van der Waals surface area contributed by atoms with Crippen LogP contribution in [0.1, 0.15) is 19.8 Å². The molecule has 0 aromatic rings. The van der Waals surface area contributed by atoms with Crippen molar-refractivity contribution in [1.29, 1.82) is 0 Å². The third-order valence-electron chi connectivity index (χ3n) is 1.79. The zero-order valence-electron chi connectivity index (χ0n) is 6.97. The Morgan fingerprint density at radius 1 is 1.55 bits per heavy atom. The lowest BCUT2D eigenvalue weighted by Crippen LogP contribution is -2.30. The lowest BCUT2D eigenvalue weighted by Gasteiger charge is -2.12. The van der Waals surface area contributed by atoms with Crippen molar-refractivity contribution in [3.05, 3.63) is 6.54 Å². The number of hydrogen-bond acceptors (Lipinski definition) is 2. The molecule has 1 saturated heterocycles. The van der Waals surface area contributed by atoms with Crippen LogP contribution in [0.2, 0.25) is 0 Å². The fourth-order valence-corrected chi connectivity index (χ4v) is 1.26. The van der Waals surface area contributed by atoms with Crippen LogP contribution in [0.15, 0.2) is 0 Å². The number of nitrogens with zero attached hydrogens (tertiary/aromatic N) is 1. The predicted octanol–water partition coefficient (Wildman–Crippen LogP) is 0.380. The van der Waals surface area contributed by atoms with E-state index in [0.29, 0.717) is 6.54 Å². The Hall–Kier alpha value is -0.570. The van der Waals surface area contributed by atoms with Crippen molar-refractivity contribution >= 4 is 5.91 Å². The third kappa shape index (κ3) is 2.89. The van der Waals surface area contributed by atoms with Crippen molar-refractivity contribution in [1.82, 2.24) is 10.2 Å². The number of hydrogen-bond donors (Lipinski definition) is 1. The first-order chi connectivity index (χ1) is 5.33. The van der Waals surface area contributed by atoms with Crippen molar-refractivity contribution in [3.8, 4) is 0 Å². The molecule has 1 radical (unpaired) electrons. The molecule has 0 bridgehead atoms. The molecule has 0 spiro atoms. The summed E-state index contributed by atoms with van der Waals surface area (Å²) in [5.41, 5.74) is 0. The van der Waals surface area contributed by atoms with Crippen LogP contribution in [0.4, 0.5) is 0 Å². The van der Waals surface area contributed by atoms with Crippen LogP contribution < -0.4 is 5.32 Å². The Bertz CT molecular complexity index is 130. The molecule has 1 heterocycles. The normalized spacial score (nSPS) is 18.6. The van der Waals surface area contributed by atoms with E-state index in [1.54, 1.807) is 6.54 Å². The minimum Gasteiger partial charge on any atom is -0.355 e. The fraction of sp³-hybridized carbons (Fsp3) is 0.750. The second kappa shape index (κ2) is 4.34. The highest BCUT2D eigenvalue weighted by Gasteiger charge is 2.14. The molecule has 1 fully saturated rings. The van der Waals surface area contributed by atoms with Gasteiger partial charge in [-0.15, -0.1) is 0 Å². The van der Waals surface area contributed by atoms with Crippen LogP contribution in [0.5, 0.6) is 0 Å². The van der Waals surface area contributed by atoms with E-state index in [1.807, 2.05) is 6.92 Å². The van der Waals surface area contributed by atoms with Gasteiger partial charge in [-0.05, 0) is 32.9 Å². The molecule has 3 heteroatoms. The molecular formula is C8H15N2O. The quantitative estimate of drug-likeness (QED) is 0.639. The SMILES string of the molecule is CCNC(=O)[CH]N1CCCC1. The average Bonchev–Trinajstić information content (AvgIpc) is 2.40. The highest BCUT2D eigenvalue weighted by atomic mass is 16.2. The molecule has 1 aliphatic rings. The summed E-state index contributed by atoms with van der Waals surface area (Å²) in [7, 11) is 0. The Labute approximate surface area is 67.8 Å². The van der Waals surface area contributed by atoms with Gasteiger partial charge in [-0.25, -0.2) is 0 Å². The maximum atomic E-state index is 11.0. The zero-order valence-corrected chi connectivity index (χ0v) is 6.97. The van der Waals surface area contributed by atoms with E-state index >= 15 is 0 Å². The molecule has 63 valence electrons. The monoisotopic (exact) mass is 155 g/mol. The second-order valence-corrected chi connectivity index (χ2v) is 2.77. The molecule has 11 heavy (non-hydrogen) atoms. The first kappa shape index (κ1) is 8.53. The predicted molar refractivity (Wildman–Crippen MR) is 43.8 cm³/mol. The molecule has 0 aliphatic carbocycles. The topological polar surface area (TPSA) is 32.3 Å². The van der Waals surface area contributed by atoms with Gasteiger partial charge >= 0.3 is 0 Å². The van der Waals surface area contributed by atoms with Crippen molar-refractivity contribution in [3.63, 3.8) is 0 Å². The maximum absolute atomic E-state index is 11.0. The summed E-state index contributed by atoms with van der Waals surface area (Å²) in [6.07, 6.45) is 2.44. The second-order valence-electron chi connectivity index (χ2n) is 2.77. The number of carbonyl (C=O) groups is 1. The standard InChI is InChI=1S/C8H15N2O/c1-2-9-8(11)7-10-5-3-4-6-10/h7H,2-6H2,1H3,(H,9,11). The summed E-state index contributed by atoms with van der Waals surface area (Å²) in [4.78, 5) is 13.1. The number of carbonyl (C=O) groups excluding carboxylic acids is 1. The van der Waals surface area contributed by atoms with Crippen LogP contribution in [0, 0.1) is 6.54 Å². The molecule has 1 N–H and O–H groups in total. The summed E-state index contributed by atoms with van der Waals surface area (Å²) in [5, 5.41) is 2.74. The third-order valence-corrected chi connectivity index (χ3v) is 1.79. The van der Waals surface area contributed by atoms with Gasteiger partial charge in [0.25, 0.3) is 0 Å². The lowest BCUT2D eigenvalue weighted by molar-refractivity contribution is -0.119. The summed E-state index contributed by atoms with van der Waals surface area (Å²) in [6.45, 7) is 6.39. The first-order valence-electron chi connectivity index (χ1n) is 4.19. The number of likely N-dealkylation sites (N-methyl/N-ethyl adjacent to an activating group) is 1. The molecule has 0 aromatic heterocycles. The molecule has 1 aliphatic heterocycles. The molecule has 0 saturated carbocycles. The Morgan fingerprint density at radius 2 is 2.18 bits per heavy atom. The van der Waals surface area contributed by atoms with Gasteiger partial charge in [0.05, 0.1) is 0 Å². The minimum atomic E-state index is 0.0365. The summed E-state index contributed by atoms with van der Waals surface area (Å²) < 4.78 is 0. The van der Waals surface area contributed by atoms with E-state index in [9.17, 15) is 4.79 Å². The van der Waals surface area contributed by atoms with Gasteiger partial charge < -0.3 is 5.32 Å². The molecule has 0 aromatic carbocycles. The van der Waals surface area contributed by atoms with Crippen LogP contribution >= 0.6 is 0 Å².